The summed E-state index contributed by atoms with van der Waals surface area (Å²) in [6.45, 7) is 6.76. The van der Waals surface area contributed by atoms with Crippen molar-refractivity contribution in [1.29, 1.82) is 0 Å². The molecule has 1 N–H and O–H groups in total. The molecule has 0 saturated carbocycles. The lowest BCUT2D eigenvalue weighted by Gasteiger charge is -2.44. The number of anilines is 1. The van der Waals surface area contributed by atoms with Crippen LogP contribution in [0.15, 0.2) is 84.2 Å². The van der Waals surface area contributed by atoms with Gasteiger partial charge in [0.25, 0.3) is 5.56 Å². The van der Waals surface area contributed by atoms with Crippen LogP contribution in [0.5, 0.6) is 0 Å². The molecule has 0 radical (unpaired) electrons. The Bertz CT molecular complexity index is 1920. The second kappa shape index (κ2) is 8.35. The van der Waals surface area contributed by atoms with Gasteiger partial charge in [-0.05, 0) is 42.8 Å². The molecule has 10 nitrogen and oxygen atoms in total. The van der Waals surface area contributed by atoms with E-state index >= 15 is 0 Å². The van der Waals surface area contributed by atoms with Crippen LogP contribution in [0.4, 0.5) is 5.82 Å². The summed E-state index contributed by atoms with van der Waals surface area (Å²) in [5, 5.41) is 13.5. The molecule has 186 valence electrons. The maximum atomic E-state index is 13.8. The van der Waals surface area contributed by atoms with Gasteiger partial charge in [-0.3, -0.25) is 19.4 Å². The third-order valence-electron chi connectivity index (χ3n) is 6.80. The van der Waals surface area contributed by atoms with Crippen molar-refractivity contribution in [3.05, 3.63) is 106 Å². The summed E-state index contributed by atoms with van der Waals surface area (Å²) in [6, 6.07) is 14.6. The van der Waals surface area contributed by atoms with Gasteiger partial charge in [-0.25, -0.2) is 14.5 Å². The molecular weight excluding hydrogens is 502 g/mol. The molecule has 5 aromatic heterocycles. The van der Waals surface area contributed by atoms with E-state index in [4.69, 9.17) is 16.7 Å². The van der Waals surface area contributed by atoms with Crippen LogP contribution in [0, 0.1) is 6.92 Å². The van der Waals surface area contributed by atoms with E-state index in [1.807, 2.05) is 49.4 Å². The highest BCUT2D eigenvalue weighted by atomic mass is 35.5. The largest absolute Gasteiger partial charge is 0.338 e. The predicted molar refractivity (Wildman–Crippen MR) is 145 cm³/mol. The molecule has 6 heterocycles. The second-order valence-electron chi connectivity index (χ2n) is 9.16. The summed E-state index contributed by atoms with van der Waals surface area (Å²) in [6.07, 6.45) is 4.97. The van der Waals surface area contributed by atoms with E-state index in [2.05, 4.69) is 36.6 Å². The Morgan fingerprint density at radius 1 is 1.08 bits per heavy atom. The van der Waals surface area contributed by atoms with Crippen LogP contribution in [0.25, 0.3) is 33.5 Å². The first-order chi connectivity index (χ1) is 18.5. The molecular formula is C27H20ClN9O. The number of hydrogen-bond acceptors (Lipinski definition) is 7. The fraction of sp³-hybridized carbons (Fsp3) is 0.111. The van der Waals surface area contributed by atoms with Crippen molar-refractivity contribution in [1.82, 2.24) is 39.3 Å². The predicted octanol–water partition coefficient (Wildman–Crippen LogP) is 4.29. The molecule has 1 saturated heterocycles. The molecule has 1 aromatic carbocycles. The van der Waals surface area contributed by atoms with Gasteiger partial charge in [0.2, 0.25) is 0 Å². The summed E-state index contributed by atoms with van der Waals surface area (Å²) < 4.78 is 3.13. The van der Waals surface area contributed by atoms with Gasteiger partial charge >= 0.3 is 0 Å². The first-order valence-corrected chi connectivity index (χ1v) is 12.3. The average molecular weight is 522 g/mol. The zero-order chi connectivity index (χ0) is 26.0. The molecule has 1 fully saturated rings. The smallest absolute Gasteiger partial charge is 0.284 e. The van der Waals surface area contributed by atoms with Gasteiger partial charge in [-0.1, -0.05) is 36.4 Å². The quantitative estimate of drug-likeness (QED) is 0.344. The summed E-state index contributed by atoms with van der Waals surface area (Å²) in [5.41, 5.74) is 4.70. The van der Waals surface area contributed by atoms with Crippen LogP contribution in [-0.2, 0) is 0 Å². The fourth-order valence-corrected chi connectivity index (χ4v) is 5.18. The highest BCUT2D eigenvalue weighted by molar-refractivity contribution is 6.33. The molecule has 7 rings (SSSR count). The molecule has 1 aliphatic heterocycles. The third kappa shape index (κ3) is 3.27. The van der Waals surface area contributed by atoms with E-state index in [0.29, 0.717) is 40.1 Å². The number of aromatic nitrogens is 8. The normalized spacial score (nSPS) is 15.4. The molecule has 1 aliphatic rings. The topological polar surface area (TPSA) is 110 Å². The Morgan fingerprint density at radius 3 is 2.68 bits per heavy atom. The molecule has 1 atom stereocenters. The zero-order valence-corrected chi connectivity index (χ0v) is 21.0. The van der Waals surface area contributed by atoms with Crippen LogP contribution in [0.1, 0.15) is 17.6 Å². The average Bonchev–Trinajstić information content (AvgIpc) is 3.52. The Labute approximate surface area is 220 Å². The summed E-state index contributed by atoms with van der Waals surface area (Å²) in [5.74, 6) is 1.17. The minimum Gasteiger partial charge on any atom is -0.338 e. The van der Waals surface area contributed by atoms with Crippen molar-refractivity contribution in [2.75, 3.05) is 11.4 Å². The Hall–Kier alpha value is -4.83. The lowest BCUT2D eigenvalue weighted by molar-refractivity contribution is 0.538. The monoisotopic (exact) mass is 521 g/mol. The molecule has 0 amide bonds. The number of para-hydroxylation sites is 1. The van der Waals surface area contributed by atoms with E-state index in [-0.39, 0.29) is 5.56 Å². The number of nitrogens with one attached hydrogen (secondary N) is 1. The van der Waals surface area contributed by atoms with Crippen molar-refractivity contribution in [2.45, 2.75) is 13.0 Å². The number of rotatable bonds is 4. The molecule has 0 bridgehead atoms. The van der Waals surface area contributed by atoms with Crippen molar-refractivity contribution < 1.29 is 0 Å². The highest BCUT2D eigenvalue weighted by Crippen LogP contribution is 2.43. The van der Waals surface area contributed by atoms with E-state index < -0.39 is 6.04 Å². The Morgan fingerprint density at radius 2 is 1.92 bits per heavy atom. The summed E-state index contributed by atoms with van der Waals surface area (Å²) in [7, 11) is 0. The number of halogens is 1. The van der Waals surface area contributed by atoms with E-state index in [1.165, 1.54) is 10.8 Å². The first kappa shape index (κ1) is 22.4. The van der Waals surface area contributed by atoms with Crippen LogP contribution >= 0.6 is 11.6 Å². The highest BCUT2D eigenvalue weighted by Gasteiger charge is 2.40. The molecule has 0 spiro atoms. The summed E-state index contributed by atoms with van der Waals surface area (Å²) >= 11 is 6.37. The zero-order valence-electron chi connectivity index (χ0n) is 20.2. The number of aryl methyl sites for hydroxylation is 1. The number of aromatic amines is 1. The summed E-state index contributed by atoms with van der Waals surface area (Å²) in [4.78, 5) is 29.3. The molecule has 6 aromatic rings. The number of benzene rings is 1. The van der Waals surface area contributed by atoms with Gasteiger partial charge in [0.05, 0.1) is 21.8 Å². The van der Waals surface area contributed by atoms with Crippen LogP contribution in [0.3, 0.4) is 0 Å². The van der Waals surface area contributed by atoms with Gasteiger partial charge in [-0.2, -0.15) is 10.2 Å². The van der Waals surface area contributed by atoms with E-state index in [9.17, 15) is 4.79 Å². The van der Waals surface area contributed by atoms with Gasteiger partial charge in [0, 0.05) is 30.2 Å². The molecule has 38 heavy (non-hydrogen) atoms. The Kier molecular flexibility index (Phi) is 4.92. The van der Waals surface area contributed by atoms with Crippen molar-refractivity contribution >= 4 is 34.0 Å². The van der Waals surface area contributed by atoms with Gasteiger partial charge in [0.1, 0.15) is 23.7 Å². The lowest BCUT2D eigenvalue weighted by Crippen LogP contribution is -2.47. The van der Waals surface area contributed by atoms with Gasteiger partial charge in [-0.15, -0.1) is 0 Å². The number of hydrogen-bond donors (Lipinski definition) is 1. The minimum atomic E-state index is -0.425. The van der Waals surface area contributed by atoms with Crippen LogP contribution in [0.2, 0.25) is 5.02 Å². The van der Waals surface area contributed by atoms with Crippen molar-refractivity contribution in [3.63, 3.8) is 0 Å². The maximum Gasteiger partial charge on any atom is 0.284 e. The Balaban J connectivity index is 1.44. The number of H-pyrrole nitrogens is 1. The maximum absolute atomic E-state index is 13.8. The number of pyridine rings is 1. The second-order valence-corrected chi connectivity index (χ2v) is 9.57. The van der Waals surface area contributed by atoms with E-state index in [0.717, 1.165) is 27.9 Å². The minimum absolute atomic E-state index is 0.265. The van der Waals surface area contributed by atoms with Crippen molar-refractivity contribution in [3.8, 4) is 16.9 Å². The van der Waals surface area contributed by atoms with Crippen LogP contribution in [-0.4, -0.2) is 45.9 Å². The van der Waals surface area contributed by atoms with Crippen molar-refractivity contribution in [2.24, 2.45) is 0 Å². The van der Waals surface area contributed by atoms with Gasteiger partial charge in [0.15, 0.2) is 11.5 Å². The van der Waals surface area contributed by atoms with Crippen LogP contribution < -0.4 is 10.5 Å². The first-order valence-electron chi connectivity index (χ1n) is 11.9. The number of fused-ring (bicyclic) bond motifs is 2. The fourth-order valence-electron chi connectivity index (χ4n) is 4.96. The van der Waals surface area contributed by atoms with E-state index in [1.54, 1.807) is 23.0 Å². The molecule has 0 aliphatic carbocycles. The molecule has 11 heteroatoms. The standard InChI is InChI=1S/C27H20ClN9O/c1-15-13-35(25-20-21(17-9-8-16(2)29-12-17)32-33-24(20)30-14-31-25)22(15)26-34-36-11-10-19(28)23(36)27(38)37(26)18-6-4-3-5-7-18/h3-12,14,22H,1,13H2,2H3,(H,30,31,32,33)/t22-/m0/s1. The van der Waals surface area contributed by atoms with Gasteiger partial charge < -0.3 is 4.90 Å². The third-order valence-corrected chi connectivity index (χ3v) is 7.10. The molecule has 0 unspecified atom stereocenters. The lowest BCUT2D eigenvalue weighted by atomic mass is 9.95. The number of nitrogens with zero attached hydrogens (tertiary/aromatic N) is 8. The SMILES string of the molecule is C=C1CN(c2ncnc3n[nH]c(-c4ccc(C)nc4)c23)[C@@H]1c1nn2ccc(Cl)c2c(=O)n1-c1ccccc1.